The Hall–Kier alpha value is -1.90. The van der Waals surface area contributed by atoms with E-state index in [1.807, 2.05) is 12.1 Å². The molecule has 3 nitrogen and oxygen atoms in total. The minimum Gasteiger partial charge on any atom is -0.504 e. The highest BCUT2D eigenvalue weighted by Gasteiger charge is 2.03. The van der Waals surface area contributed by atoms with E-state index in [0.717, 1.165) is 24.0 Å². The van der Waals surface area contributed by atoms with Crippen LogP contribution in [0.25, 0.3) is 0 Å². The van der Waals surface area contributed by atoms with Crippen LogP contribution in [0.1, 0.15) is 11.1 Å². The van der Waals surface area contributed by atoms with Gasteiger partial charge in [0.1, 0.15) is 0 Å². The predicted octanol–water partition coefficient (Wildman–Crippen LogP) is 2.78. The molecule has 0 spiro atoms. The molecule has 0 bridgehead atoms. The molecule has 0 saturated heterocycles. The van der Waals surface area contributed by atoms with Gasteiger partial charge in [-0.15, -0.1) is 0 Å². The molecule has 1 aromatic heterocycles. The molecule has 0 radical (unpaired) electrons. The summed E-state index contributed by atoms with van der Waals surface area (Å²) in [6, 6.07) is 7.42. The fourth-order valence-corrected chi connectivity index (χ4v) is 1.61. The molecule has 84 valence electrons. The monoisotopic (exact) mass is 218 g/mol. The summed E-state index contributed by atoms with van der Waals surface area (Å²) < 4.78 is 9.98. The van der Waals surface area contributed by atoms with E-state index < -0.39 is 0 Å². The van der Waals surface area contributed by atoms with Gasteiger partial charge in [0.15, 0.2) is 11.5 Å². The van der Waals surface area contributed by atoms with Gasteiger partial charge in [-0.3, -0.25) is 0 Å². The summed E-state index contributed by atoms with van der Waals surface area (Å²) in [6.07, 6.45) is 5.18. The first-order chi connectivity index (χ1) is 7.79. The zero-order chi connectivity index (χ0) is 11.4. The normalized spacial score (nSPS) is 10.3. The number of aromatic hydroxyl groups is 1. The van der Waals surface area contributed by atoms with Crippen molar-refractivity contribution in [3.05, 3.63) is 47.9 Å². The number of phenolic OH excluding ortho intramolecular Hbond substituents is 1. The number of hydrogen-bond acceptors (Lipinski definition) is 3. The lowest BCUT2D eigenvalue weighted by Gasteiger charge is -2.05. The number of hydrogen-bond donors (Lipinski definition) is 1. The van der Waals surface area contributed by atoms with E-state index >= 15 is 0 Å². The zero-order valence-corrected chi connectivity index (χ0v) is 9.14. The van der Waals surface area contributed by atoms with Crippen LogP contribution in [-0.4, -0.2) is 12.2 Å². The average Bonchev–Trinajstić information content (AvgIpc) is 2.79. The molecule has 0 atom stereocenters. The van der Waals surface area contributed by atoms with Crippen molar-refractivity contribution in [1.29, 1.82) is 0 Å². The van der Waals surface area contributed by atoms with E-state index in [0.29, 0.717) is 5.75 Å². The van der Waals surface area contributed by atoms with Crippen molar-refractivity contribution in [2.45, 2.75) is 12.8 Å². The molecule has 2 aromatic rings. The number of benzene rings is 1. The molecule has 3 heteroatoms. The van der Waals surface area contributed by atoms with Crippen LogP contribution in [0.3, 0.4) is 0 Å². The van der Waals surface area contributed by atoms with Gasteiger partial charge in [-0.05, 0) is 42.2 Å². The number of rotatable bonds is 4. The number of aryl methyl sites for hydroxylation is 2. The van der Waals surface area contributed by atoms with Crippen molar-refractivity contribution in [1.82, 2.24) is 0 Å². The smallest absolute Gasteiger partial charge is 0.160 e. The fraction of sp³-hybridized carbons (Fsp3) is 0.231. The summed E-state index contributed by atoms with van der Waals surface area (Å²) in [7, 11) is 1.54. The summed E-state index contributed by atoms with van der Waals surface area (Å²) in [5.74, 6) is 0.694. The minimum atomic E-state index is 0.187. The molecule has 0 aliphatic carbocycles. The van der Waals surface area contributed by atoms with Gasteiger partial charge in [0.05, 0.1) is 19.6 Å². The van der Waals surface area contributed by atoms with E-state index in [1.165, 1.54) is 0 Å². The Morgan fingerprint density at radius 3 is 2.62 bits per heavy atom. The number of ether oxygens (including phenoxy) is 1. The standard InChI is InChI=1S/C13H14O3/c1-15-13-5-4-10(8-12(13)14)2-3-11-6-7-16-9-11/h4-9,14H,2-3H2,1H3. The van der Waals surface area contributed by atoms with E-state index in [4.69, 9.17) is 9.15 Å². The molecule has 0 saturated carbocycles. The predicted molar refractivity (Wildman–Crippen MR) is 60.8 cm³/mol. The lowest BCUT2D eigenvalue weighted by atomic mass is 10.1. The number of furan rings is 1. The second-order valence-electron chi connectivity index (χ2n) is 3.64. The molecule has 16 heavy (non-hydrogen) atoms. The Balaban J connectivity index is 2.02. The zero-order valence-electron chi connectivity index (χ0n) is 9.14. The second kappa shape index (κ2) is 4.75. The third-order valence-corrected chi connectivity index (χ3v) is 2.53. The van der Waals surface area contributed by atoms with Crippen molar-refractivity contribution in [2.75, 3.05) is 7.11 Å². The molecule has 1 aromatic carbocycles. The Morgan fingerprint density at radius 2 is 2.00 bits per heavy atom. The van der Waals surface area contributed by atoms with Crippen LogP contribution in [0.2, 0.25) is 0 Å². The molecular weight excluding hydrogens is 204 g/mol. The summed E-state index contributed by atoms with van der Waals surface area (Å²) in [5, 5.41) is 9.61. The molecule has 0 aliphatic rings. The third kappa shape index (κ3) is 2.37. The molecule has 1 N–H and O–H groups in total. The van der Waals surface area contributed by atoms with Gasteiger partial charge in [-0.2, -0.15) is 0 Å². The first kappa shape index (κ1) is 10.6. The van der Waals surface area contributed by atoms with Gasteiger partial charge in [0.25, 0.3) is 0 Å². The summed E-state index contributed by atoms with van der Waals surface area (Å²) in [5.41, 5.74) is 2.25. The van der Waals surface area contributed by atoms with Crippen LogP contribution in [0.15, 0.2) is 41.2 Å². The van der Waals surface area contributed by atoms with Crippen molar-refractivity contribution >= 4 is 0 Å². The highest BCUT2D eigenvalue weighted by atomic mass is 16.5. The molecule has 0 amide bonds. The fourth-order valence-electron chi connectivity index (χ4n) is 1.61. The average molecular weight is 218 g/mol. The number of phenols is 1. The lowest BCUT2D eigenvalue weighted by Crippen LogP contribution is -1.91. The highest BCUT2D eigenvalue weighted by molar-refractivity contribution is 5.41. The van der Waals surface area contributed by atoms with Crippen molar-refractivity contribution < 1.29 is 14.3 Å². The van der Waals surface area contributed by atoms with Gasteiger partial charge < -0.3 is 14.3 Å². The number of methoxy groups -OCH3 is 1. The van der Waals surface area contributed by atoms with E-state index in [1.54, 1.807) is 31.8 Å². The maximum Gasteiger partial charge on any atom is 0.160 e. The van der Waals surface area contributed by atoms with Gasteiger partial charge in [-0.1, -0.05) is 6.07 Å². The molecule has 0 unspecified atom stereocenters. The maximum absolute atomic E-state index is 9.61. The summed E-state index contributed by atoms with van der Waals surface area (Å²) in [4.78, 5) is 0. The first-order valence-electron chi connectivity index (χ1n) is 5.16. The SMILES string of the molecule is COc1ccc(CCc2ccoc2)cc1O. The van der Waals surface area contributed by atoms with E-state index in [2.05, 4.69) is 0 Å². The lowest BCUT2D eigenvalue weighted by molar-refractivity contribution is 0.373. The van der Waals surface area contributed by atoms with Crippen LogP contribution in [0.4, 0.5) is 0 Å². The van der Waals surface area contributed by atoms with Crippen LogP contribution >= 0.6 is 0 Å². The van der Waals surface area contributed by atoms with Gasteiger partial charge in [-0.25, -0.2) is 0 Å². The van der Waals surface area contributed by atoms with Crippen LogP contribution in [-0.2, 0) is 12.8 Å². The molecule has 0 fully saturated rings. The highest BCUT2D eigenvalue weighted by Crippen LogP contribution is 2.26. The van der Waals surface area contributed by atoms with Gasteiger partial charge in [0, 0.05) is 0 Å². The van der Waals surface area contributed by atoms with Crippen LogP contribution < -0.4 is 4.74 Å². The quantitative estimate of drug-likeness (QED) is 0.858. The summed E-state index contributed by atoms with van der Waals surface area (Å²) in [6.45, 7) is 0. The molecular formula is C13H14O3. The van der Waals surface area contributed by atoms with Gasteiger partial charge >= 0.3 is 0 Å². The van der Waals surface area contributed by atoms with Crippen molar-refractivity contribution in [3.8, 4) is 11.5 Å². The van der Waals surface area contributed by atoms with E-state index in [-0.39, 0.29) is 5.75 Å². The Bertz CT molecular complexity index is 446. The topological polar surface area (TPSA) is 42.6 Å². The summed E-state index contributed by atoms with van der Waals surface area (Å²) >= 11 is 0. The van der Waals surface area contributed by atoms with E-state index in [9.17, 15) is 5.11 Å². The first-order valence-corrected chi connectivity index (χ1v) is 5.16. The van der Waals surface area contributed by atoms with Crippen molar-refractivity contribution in [2.24, 2.45) is 0 Å². The molecule has 1 heterocycles. The Labute approximate surface area is 94.3 Å². The van der Waals surface area contributed by atoms with Crippen LogP contribution in [0, 0.1) is 0 Å². The van der Waals surface area contributed by atoms with Crippen LogP contribution in [0.5, 0.6) is 11.5 Å². The Morgan fingerprint density at radius 1 is 1.19 bits per heavy atom. The minimum absolute atomic E-state index is 0.187. The Kier molecular flexibility index (Phi) is 3.15. The molecule has 2 rings (SSSR count). The maximum atomic E-state index is 9.61. The van der Waals surface area contributed by atoms with Crippen molar-refractivity contribution in [3.63, 3.8) is 0 Å². The van der Waals surface area contributed by atoms with Gasteiger partial charge in [0.2, 0.25) is 0 Å². The second-order valence-corrected chi connectivity index (χ2v) is 3.64. The molecule has 0 aliphatic heterocycles. The largest absolute Gasteiger partial charge is 0.504 e. The third-order valence-electron chi connectivity index (χ3n) is 2.53.